The molecule has 156 valence electrons. The second kappa shape index (κ2) is 9.59. The molecule has 1 unspecified atom stereocenters. The minimum atomic E-state index is -0.474. The first-order valence-corrected chi connectivity index (χ1v) is 10.5. The molecule has 0 N–H and O–H groups in total. The van der Waals surface area contributed by atoms with Gasteiger partial charge in [-0.2, -0.15) is 0 Å². The number of rotatable bonds is 7. The van der Waals surface area contributed by atoms with Crippen molar-refractivity contribution < 1.29 is 9.53 Å². The first-order valence-electron chi connectivity index (χ1n) is 10.5. The van der Waals surface area contributed by atoms with Crippen molar-refractivity contribution in [1.82, 2.24) is 19.4 Å². The van der Waals surface area contributed by atoms with Crippen LogP contribution >= 0.6 is 0 Å². The average Bonchev–Trinajstić information content (AvgIpc) is 3.27. The molecule has 3 aromatic rings. The molecule has 6 nitrogen and oxygen atoms in total. The maximum atomic E-state index is 12.7. The number of aromatic nitrogens is 2. The van der Waals surface area contributed by atoms with E-state index in [4.69, 9.17) is 4.74 Å². The van der Waals surface area contributed by atoms with E-state index in [-0.39, 0.29) is 5.91 Å². The summed E-state index contributed by atoms with van der Waals surface area (Å²) >= 11 is 0. The number of para-hydroxylation sites is 1. The summed E-state index contributed by atoms with van der Waals surface area (Å²) in [4.78, 5) is 21.6. The van der Waals surface area contributed by atoms with Gasteiger partial charge in [-0.25, -0.2) is 4.98 Å². The molecule has 1 atom stereocenters. The molecule has 30 heavy (non-hydrogen) atoms. The lowest BCUT2D eigenvalue weighted by Gasteiger charge is -2.36. The van der Waals surface area contributed by atoms with Gasteiger partial charge in [-0.3, -0.25) is 9.69 Å². The van der Waals surface area contributed by atoms with Crippen LogP contribution in [0.5, 0.6) is 5.75 Å². The monoisotopic (exact) mass is 404 g/mol. The molecule has 1 saturated heterocycles. The van der Waals surface area contributed by atoms with Gasteiger partial charge >= 0.3 is 0 Å². The minimum absolute atomic E-state index is 0.0551. The maximum absolute atomic E-state index is 12.7. The average molecular weight is 405 g/mol. The number of benzene rings is 2. The highest BCUT2D eigenvalue weighted by Gasteiger charge is 2.26. The summed E-state index contributed by atoms with van der Waals surface area (Å²) in [7, 11) is 0. The van der Waals surface area contributed by atoms with Crippen LogP contribution in [0.15, 0.2) is 73.1 Å². The summed E-state index contributed by atoms with van der Waals surface area (Å²) < 4.78 is 7.99. The SMILES string of the molecule is CC(Oc1ccccc1)C(=O)N1CCN(CCn2ccnc2-c2ccccc2)CC1. The molecule has 1 aliphatic rings. The van der Waals surface area contributed by atoms with E-state index in [0.29, 0.717) is 0 Å². The quantitative estimate of drug-likeness (QED) is 0.607. The summed E-state index contributed by atoms with van der Waals surface area (Å²) in [5, 5.41) is 0. The lowest BCUT2D eigenvalue weighted by Crippen LogP contribution is -2.52. The van der Waals surface area contributed by atoms with Crippen molar-refractivity contribution in [2.75, 3.05) is 32.7 Å². The Balaban J connectivity index is 1.25. The van der Waals surface area contributed by atoms with Gasteiger partial charge in [-0.05, 0) is 19.1 Å². The third-order valence-electron chi connectivity index (χ3n) is 5.49. The molecule has 0 saturated carbocycles. The van der Waals surface area contributed by atoms with Crippen molar-refractivity contribution >= 4 is 5.91 Å². The zero-order chi connectivity index (χ0) is 20.8. The summed E-state index contributed by atoms with van der Waals surface area (Å²) in [6, 6.07) is 19.8. The summed E-state index contributed by atoms with van der Waals surface area (Å²) in [5.74, 6) is 1.78. The Morgan fingerprint density at radius 2 is 1.63 bits per heavy atom. The molecular formula is C24H28N4O2. The van der Waals surface area contributed by atoms with Crippen molar-refractivity contribution in [1.29, 1.82) is 0 Å². The van der Waals surface area contributed by atoms with Crippen molar-refractivity contribution in [2.24, 2.45) is 0 Å². The van der Waals surface area contributed by atoms with E-state index in [0.717, 1.165) is 56.4 Å². The second-order valence-electron chi connectivity index (χ2n) is 7.55. The highest BCUT2D eigenvalue weighted by Crippen LogP contribution is 2.17. The first kappa shape index (κ1) is 20.2. The van der Waals surface area contributed by atoms with Crippen LogP contribution in [0.1, 0.15) is 6.92 Å². The Labute approximate surface area is 177 Å². The third-order valence-corrected chi connectivity index (χ3v) is 5.49. The zero-order valence-corrected chi connectivity index (χ0v) is 17.4. The number of imidazole rings is 1. The van der Waals surface area contributed by atoms with Gasteiger partial charge in [0, 0.05) is 57.2 Å². The highest BCUT2D eigenvalue weighted by molar-refractivity contribution is 5.81. The molecule has 0 spiro atoms. The molecule has 2 aromatic carbocycles. The van der Waals surface area contributed by atoms with Gasteiger partial charge in [-0.1, -0.05) is 48.5 Å². The Bertz CT molecular complexity index is 934. The fraction of sp³-hybridized carbons (Fsp3) is 0.333. The largest absolute Gasteiger partial charge is 0.481 e. The molecule has 1 amide bonds. The fourth-order valence-corrected chi connectivity index (χ4v) is 3.79. The fourth-order valence-electron chi connectivity index (χ4n) is 3.79. The van der Waals surface area contributed by atoms with Gasteiger partial charge in [0.15, 0.2) is 6.10 Å². The lowest BCUT2D eigenvalue weighted by atomic mass is 10.2. The number of nitrogens with zero attached hydrogens (tertiary/aromatic N) is 4. The topological polar surface area (TPSA) is 50.6 Å². The van der Waals surface area contributed by atoms with Crippen LogP contribution in [-0.2, 0) is 11.3 Å². The van der Waals surface area contributed by atoms with Crippen LogP contribution in [0.3, 0.4) is 0 Å². The molecule has 0 bridgehead atoms. The number of amides is 1. The van der Waals surface area contributed by atoms with E-state index in [1.807, 2.05) is 72.7 Å². The number of carbonyl (C=O) groups is 1. The number of carbonyl (C=O) groups excluding carboxylic acids is 1. The van der Waals surface area contributed by atoms with E-state index >= 15 is 0 Å². The van der Waals surface area contributed by atoms with Gasteiger partial charge in [0.25, 0.3) is 5.91 Å². The van der Waals surface area contributed by atoms with Crippen molar-refractivity contribution in [3.8, 4) is 17.1 Å². The number of hydrogen-bond acceptors (Lipinski definition) is 4. The van der Waals surface area contributed by atoms with Crippen LogP contribution in [0, 0.1) is 0 Å². The second-order valence-corrected chi connectivity index (χ2v) is 7.55. The summed E-state index contributed by atoms with van der Waals surface area (Å²) in [6.07, 6.45) is 3.41. The van der Waals surface area contributed by atoms with Crippen LogP contribution in [0.4, 0.5) is 0 Å². The van der Waals surface area contributed by atoms with Crippen LogP contribution < -0.4 is 4.74 Å². The van der Waals surface area contributed by atoms with Crippen molar-refractivity contribution in [2.45, 2.75) is 19.6 Å². The van der Waals surface area contributed by atoms with E-state index in [9.17, 15) is 4.79 Å². The van der Waals surface area contributed by atoms with E-state index in [1.54, 1.807) is 0 Å². The molecule has 0 radical (unpaired) electrons. The Morgan fingerprint density at radius 3 is 2.33 bits per heavy atom. The highest BCUT2D eigenvalue weighted by atomic mass is 16.5. The summed E-state index contributed by atoms with van der Waals surface area (Å²) in [5.41, 5.74) is 1.13. The molecule has 0 aliphatic carbocycles. The predicted octanol–water partition coefficient (Wildman–Crippen LogP) is 3.16. The number of hydrogen-bond donors (Lipinski definition) is 0. The zero-order valence-electron chi connectivity index (χ0n) is 17.4. The van der Waals surface area contributed by atoms with Gasteiger partial charge in [-0.15, -0.1) is 0 Å². The maximum Gasteiger partial charge on any atom is 0.263 e. The number of ether oxygens (including phenoxy) is 1. The standard InChI is InChI=1S/C24H28N4O2/c1-20(30-22-10-6-3-7-11-22)24(29)28-18-15-26(16-19-28)14-17-27-13-12-25-23(27)21-8-4-2-5-9-21/h2-13,20H,14-19H2,1H3. The Morgan fingerprint density at radius 1 is 0.967 bits per heavy atom. The Hall–Kier alpha value is -3.12. The van der Waals surface area contributed by atoms with E-state index in [1.165, 1.54) is 0 Å². The minimum Gasteiger partial charge on any atom is -0.481 e. The predicted molar refractivity (Wildman–Crippen MR) is 117 cm³/mol. The van der Waals surface area contributed by atoms with Crippen LogP contribution in [0.2, 0.25) is 0 Å². The molecule has 1 aliphatic heterocycles. The van der Waals surface area contributed by atoms with E-state index < -0.39 is 6.10 Å². The van der Waals surface area contributed by atoms with Gasteiger partial charge in [0.1, 0.15) is 11.6 Å². The molecule has 2 heterocycles. The van der Waals surface area contributed by atoms with E-state index in [2.05, 4.69) is 26.6 Å². The first-order chi connectivity index (χ1) is 14.7. The Kier molecular flexibility index (Phi) is 6.44. The molecule has 4 rings (SSSR count). The van der Waals surface area contributed by atoms with Crippen molar-refractivity contribution in [3.05, 3.63) is 73.1 Å². The normalized spacial score (nSPS) is 15.7. The van der Waals surface area contributed by atoms with Crippen LogP contribution in [0.25, 0.3) is 11.4 Å². The number of piperazine rings is 1. The van der Waals surface area contributed by atoms with Gasteiger partial charge < -0.3 is 14.2 Å². The van der Waals surface area contributed by atoms with Gasteiger partial charge in [0.2, 0.25) is 0 Å². The third kappa shape index (κ3) is 4.89. The summed E-state index contributed by atoms with van der Waals surface area (Å²) in [6.45, 7) is 6.86. The molecule has 1 aromatic heterocycles. The molecular weight excluding hydrogens is 376 g/mol. The molecule has 1 fully saturated rings. The van der Waals surface area contributed by atoms with Crippen LogP contribution in [-0.4, -0.2) is 64.1 Å². The smallest absolute Gasteiger partial charge is 0.263 e. The lowest BCUT2D eigenvalue weighted by molar-refractivity contribution is -0.139. The molecule has 6 heteroatoms. The van der Waals surface area contributed by atoms with Crippen molar-refractivity contribution in [3.63, 3.8) is 0 Å². The van der Waals surface area contributed by atoms with Gasteiger partial charge in [0.05, 0.1) is 0 Å².